The summed E-state index contributed by atoms with van der Waals surface area (Å²) in [6.45, 7) is 5.21. The molecule has 0 spiro atoms. The molecule has 0 aliphatic rings. The Balaban J connectivity index is 2.51. The highest BCUT2D eigenvalue weighted by atomic mass is 16.4. The molecule has 3 rings (SSSR count). The van der Waals surface area contributed by atoms with Crippen LogP contribution in [0.1, 0.15) is 23.8 Å². The quantitative estimate of drug-likeness (QED) is 0.670. The number of ketones is 1. The van der Waals surface area contributed by atoms with Crippen molar-refractivity contribution in [2.24, 2.45) is 0 Å². The fourth-order valence-electron chi connectivity index (χ4n) is 2.60. The topological polar surface area (TPSA) is 60.4 Å². The number of carbonyl (C=O) groups is 1. The van der Waals surface area contributed by atoms with E-state index in [1.165, 1.54) is 13.0 Å². The minimum atomic E-state index is -0.393. The van der Waals surface area contributed by atoms with Crippen molar-refractivity contribution in [2.75, 3.05) is 0 Å². The first kappa shape index (κ1) is 12.7. The van der Waals surface area contributed by atoms with Crippen molar-refractivity contribution in [3.8, 4) is 0 Å². The first-order chi connectivity index (χ1) is 9.47. The molecule has 0 amide bonds. The molecule has 0 saturated heterocycles. The monoisotopic (exact) mass is 270 g/mol. The molecule has 2 aromatic heterocycles. The van der Waals surface area contributed by atoms with Crippen molar-refractivity contribution < 1.29 is 13.6 Å². The van der Waals surface area contributed by atoms with E-state index in [2.05, 4.69) is 0 Å². The van der Waals surface area contributed by atoms with Gasteiger partial charge in [-0.25, -0.2) is 4.79 Å². The minimum Gasteiger partial charge on any atom is -0.461 e. The summed E-state index contributed by atoms with van der Waals surface area (Å²) in [6, 6.07) is 5.18. The second-order valence-corrected chi connectivity index (χ2v) is 5.08. The van der Waals surface area contributed by atoms with Crippen LogP contribution in [-0.4, -0.2) is 5.78 Å². The van der Waals surface area contributed by atoms with Gasteiger partial charge in [0.1, 0.15) is 22.7 Å². The molecule has 0 atom stereocenters. The predicted octanol–water partition coefficient (Wildman–Crippen LogP) is 3.29. The zero-order chi connectivity index (χ0) is 14.4. The summed E-state index contributed by atoms with van der Waals surface area (Å²) < 4.78 is 11.0. The second-order valence-electron chi connectivity index (χ2n) is 5.08. The standard InChI is InChI=1S/C16H14O4/c1-8-6-14(18)20-16-11(8)4-5-13-15(16)12(7-9(2)17)10(3)19-13/h4-6H,7H2,1-3H3. The van der Waals surface area contributed by atoms with Crippen LogP contribution in [0.25, 0.3) is 21.9 Å². The van der Waals surface area contributed by atoms with E-state index < -0.39 is 5.63 Å². The Kier molecular flexibility index (Phi) is 2.74. The summed E-state index contributed by atoms with van der Waals surface area (Å²) in [7, 11) is 0. The number of aryl methyl sites for hydroxylation is 2. The first-order valence-electron chi connectivity index (χ1n) is 6.42. The van der Waals surface area contributed by atoms with Gasteiger partial charge >= 0.3 is 5.63 Å². The Morgan fingerprint density at radius 3 is 2.65 bits per heavy atom. The Morgan fingerprint density at radius 1 is 1.20 bits per heavy atom. The highest BCUT2D eigenvalue weighted by Gasteiger charge is 2.17. The SMILES string of the molecule is CC(=O)Cc1c(C)oc2ccc3c(C)cc(=O)oc3c12. The summed E-state index contributed by atoms with van der Waals surface area (Å²) >= 11 is 0. The van der Waals surface area contributed by atoms with Gasteiger partial charge in [0.05, 0.1) is 5.39 Å². The van der Waals surface area contributed by atoms with Gasteiger partial charge in [0.2, 0.25) is 0 Å². The lowest BCUT2D eigenvalue weighted by Crippen LogP contribution is -2.00. The molecule has 4 nitrogen and oxygen atoms in total. The van der Waals surface area contributed by atoms with Gasteiger partial charge in [0.25, 0.3) is 0 Å². The van der Waals surface area contributed by atoms with Crippen LogP contribution < -0.4 is 5.63 Å². The third-order valence-electron chi connectivity index (χ3n) is 3.50. The van der Waals surface area contributed by atoms with Gasteiger partial charge in [0, 0.05) is 23.4 Å². The van der Waals surface area contributed by atoms with Gasteiger partial charge in [-0.05, 0) is 38.5 Å². The van der Waals surface area contributed by atoms with Crippen molar-refractivity contribution in [2.45, 2.75) is 27.2 Å². The lowest BCUT2D eigenvalue weighted by molar-refractivity contribution is -0.116. The fraction of sp³-hybridized carbons (Fsp3) is 0.250. The van der Waals surface area contributed by atoms with E-state index in [-0.39, 0.29) is 12.2 Å². The molecule has 20 heavy (non-hydrogen) atoms. The normalized spacial score (nSPS) is 11.3. The van der Waals surface area contributed by atoms with Crippen molar-refractivity contribution in [1.82, 2.24) is 0 Å². The Bertz CT molecular complexity index is 896. The maximum absolute atomic E-state index is 11.6. The average Bonchev–Trinajstić information content (AvgIpc) is 2.65. The van der Waals surface area contributed by atoms with Crippen LogP contribution >= 0.6 is 0 Å². The van der Waals surface area contributed by atoms with Crippen LogP contribution in [0.5, 0.6) is 0 Å². The van der Waals surface area contributed by atoms with Gasteiger partial charge in [-0.3, -0.25) is 4.79 Å². The van der Waals surface area contributed by atoms with Crippen LogP contribution in [0.4, 0.5) is 0 Å². The largest absolute Gasteiger partial charge is 0.461 e. The molecule has 1 aromatic carbocycles. The minimum absolute atomic E-state index is 0.0443. The number of carbonyl (C=O) groups excluding carboxylic acids is 1. The molecule has 0 bridgehead atoms. The van der Waals surface area contributed by atoms with Crippen molar-refractivity contribution >= 4 is 27.7 Å². The number of fused-ring (bicyclic) bond motifs is 3. The van der Waals surface area contributed by atoms with Gasteiger partial charge < -0.3 is 8.83 Å². The number of furan rings is 1. The zero-order valence-electron chi connectivity index (χ0n) is 11.6. The Morgan fingerprint density at radius 2 is 1.95 bits per heavy atom. The third kappa shape index (κ3) is 1.84. The molecule has 0 aliphatic carbocycles. The molecule has 3 aromatic rings. The molecule has 0 aliphatic heterocycles. The number of benzene rings is 1. The van der Waals surface area contributed by atoms with Crippen molar-refractivity contribution in [1.29, 1.82) is 0 Å². The van der Waals surface area contributed by atoms with Crippen LogP contribution in [0.3, 0.4) is 0 Å². The average molecular weight is 270 g/mol. The molecule has 102 valence electrons. The Hall–Kier alpha value is -2.36. The number of hydrogen-bond donors (Lipinski definition) is 0. The number of rotatable bonds is 2. The molecule has 0 fully saturated rings. The van der Waals surface area contributed by atoms with Crippen LogP contribution in [0.15, 0.2) is 31.8 Å². The fourth-order valence-corrected chi connectivity index (χ4v) is 2.60. The lowest BCUT2D eigenvalue weighted by Gasteiger charge is -2.02. The summed E-state index contributed by atoms with van der Waals surface area (Å²) in [5.41, 5.74) is 2.40. The van der Waals surface area contributed by atoms with E-state index in [1.54, 1.807) is 0 Å². The van der Waals surface area contributed by atoms with E-state index in [4.69, 9.17) is 8.83 Å². The van der Waals surface area contributed by atoms with E-state index in [0.717, 1.165) is 21.9 Å². The second kappa shape index (κ2) is 4.34. The van der Waals surface area contributed by atoms with E-state index >= 15 is 0 Å². The zero-order valence-corrected chi connectivity index (χ0v) is 11.6. The summed E-state index contributed by atoms with van der Waals surface area (Å²) in [4.78, 5) is 23.1. The van der Waals surface area contributed by atoms with Gasteiger partial charge in [-0.2, -0.15) is 0 Å². The molecular weight excluding hydrogens is 256 g/mol. The van der Waals surface area contributed by atoms with E-state index in [0.29, 0.717) is 16.9 Å². The van der Waals surface area contributed by atoms with Gasteiger partial charge in [-0.1, -0.05) is 0 Å². The molecule has 0 N–H and O–H groups in total. The highest BCUT2D eigenvalue weighted by Crippen LogP contribution is 2.33. The smallest absolute Gasteiger partial charge is 0.336 e. The maximum atomic E-state index is 11.6. The molecule has 2 heterocycles. The summed E-state index contributed by atoms with van der Waals surface area (Å²) in [5, 5.41) is 1.60. The molecule has 4 heteroatoms. The number of hydrogen-bond acceptors (Lipinski definition) is 4. The van der Waals surface area contributed by atoms with Crippen LogP contribution in [0, 0.1) is 13.8 Å². The molecule has 0 unspecified atom stereocenters. The van der Waals surface area contributed by atoms with Gasteiger partial charge in [-0.15, -0.1) is 0 Å². The number of Topliss-reactive ketones (excluding diaryl/α,β-unsaturated/α-hetero) is 1. The molecule has 0 saturated carbocycles. The lowest BCUT2D eigenvalue weighted by atomic mass is 10.0. The highest BCUT2D eigenvalue weighted by molar-refractivity contribution is 6.06. The predicted molar refractivity (Wildman–Crippen MR) is 76.1 cm³/mol. The third-order valence-corrected chi connectivity index (χ3v) is 3.50. The van der Waals surface area contributed by atoms with E-state index in [9.17, 15) is 9.59 Å². The van der Waals surface area contributed by atoms with Crippen molar-refractivity contribution in [3.63, 3.8) is 0 Å². The maximum Gasteiger partial charge on any atom is 0.336 e. The summed E-state index contributed by atoms with van der Waals surface area (Å²) in [5.74, 6) is 0.731. The Labute approximate surface area is 115 Å². The molecule has 0 radical (unpaired) electrons. The van der Waals surface area contributed by atoms with Crippen LogP contribution in [-0.2, 0) is 11.2 Å². The first-order valence-corrected chi connectivity index (χ1v) is 6.42. The van der Waals surface area contributed by atoms with Crippen molar-refractivity contribution in [3.05, 3.63) is 45.5 Å². The molecular formula is C16H14O4. The van der Waals surface area contributed by atoms with Gasteiger partial charge in [0.15, 0.2) is 0 Å². The van der Waals surface area contributed by atoms with Crippen LogP contribution in [0.2, 0.25) is 0 Å². The summed E-state index contributed by atoms with van der Waals surface area (Å²) in [6.07, 6.45) is 0.273. The van der Waals surface area contributed by atoms with E-state index in [1.807, 2.05) is 26.0 Å².